The second-order valence-electron chi connectivity index (χ2n) is 10.5. The van der Waals surface area contributed by atoms with Gasteiger partial charge in [-0.2, -0.15) is 0 Å². The first kappa shape index (κ1) is 30.5. The molecule has 0 aromatic heterocycles. The topological polar surface area (TPSA) is 92.8 Å². The van der Waals surface area contributed by atoms with Gasteiger partial charge in [-0.05, 0) is 78.4 Å². The summed E-state index contributed by atoms with van der Waals surface area (Å²) in [6.07, 6.45) is 1.42. The van der Waals surface area contributed by atoms with Crippen molar-refractivity contribution < 1.29 is 22.7 Å². The Labute approximate surface area is 248 Å². The minimum atomic E-state index is -3.77. The summed E-state index contributed by atoms with van der Waals surface area (Å²) in [6.45, 7) is 2.46. The van der Waals surface area contributed by atoms with Gasteiger partial charge in [0.05, 0.1) is 12.9 Å². The number of benzene rings is 4. The Balaban J connectivity index is 1.46. The molecule has 0 spiro atoms. The highest BCUT2D eigenvalue weighted by molar-refractivity contribution is 7.90. The maximum Gasteiger partial charge on any atom is 0.253 e. The third-order valence-electron chi connectivity index (χ3n) is 6.90. The van der Waals surface area contributed by atoms with Crippen LogP contribution in [0.3, 0.4) is 0 Å². The zero-order valence-corrected chi connectivity index (χ0v) is 25.2. The van der Waals surface area contributed by atoms with Crippen LogP contribution in [0.1, 0.15) is 43.8 Å². The summed E-state index contributed by atoms with van der Waals surface area (Å²) in [4.78, 5) is 26.4. The van der Waals surface area contributed by atoms with Gasteiger partial charge in [0, 0.05) is 31.8 Å². The Morgan fingerprint density at radius 1 is 0.810 bits per heavy atom. The van der Waals surface area contributed by atoms with Crippen LogP contribution in [-0.4, -0.2) is 52.9 Å². The standard InChI is InChI=1S/C34H36N2O5S/c1-24-9-5-14-29(19-24)33(37)35-18-8-12-25-10-6-11-26(20-25)23-42(39,40)32-22-28(16-17-31(32)41-4)27-13-7-15-30(21-27)34(38)36(2)3/h5-7,9-11,13-17,19-22H,8,12,18,23H2,1-4H3,(H,35,37). The van der Waals surface area contributed by atoms with Gasteiger partial charge in [0.25, 0.3) is 11.8 Å². The van der Waals surface area contributed by atoms with E-state index in [1.165, 1.54) is 12.0 Å². The lowest BCUT2D eigenvalue weighted by Crippen LogP contribution is -2.24. The number of sulfone groups is 1. The molecule has 0 aliphatic heterocycles. The summed E-state index contributed by atoms with van der Waals surface area (Å²) in [5.41, 5.74) is 5.26. The highest BCUT2D eigenvalue weighted by Gasteiger charge is 2.22. The van der Waals surface area contributed by atoms with Gasteiger partial charge in [0.2, 0.25) is 0 Å². The molecule has 0 unspecified atom stereocenters. The van der Waals surface area contributed by atoms with Crippen molar-refractivity contribution in [2.45, 2.75) is 30.4 Å². The minimum absolute atomic E-state index is 0.0936. The van der Waals surface area contributed by atoms with Gasteiger partial charge < -0.3 is 15.0 Å². The number of ether oxygens (including phenoxy) is 1. The quantitative estimate of drug-likeness (QED) is 0.228. The molecule has 7 nitrogen and oxygen atoms in total. The molecule has 0 fully saturated rings. The maximum absolute atomic E-state index is 13.6. The zero-order chi connectivity index (χ0) is 30.3. The number of nitrogens with zero attached hydrogens (tertiary/aromatic N) is 1. The van der Waals surface area contributed by atoms with Crippen LogP contribution in [0.25, 0.3) is 11.1 Å². The summed E-state index contributed by atoms with van der Waals surface area (Å²) < 4.78 is 32.7. The third-order valence-corrected chi connectivity index (χ3v) is 8.61. The zero-order valence-electron chi connectivity index (χ0n) is 24.4. The Morgan fingerprint density at radius 2 is 1.50 bits per heavy atom. The maximum atomic E-state index is 13.6. The Morgan fingerprint density at radius 3 is 2.24 bits per heavy atom. The van der Waals surface area contributed by atoms with Crippen molar-refractivity contribution in [1.82, 2.24) is 10.2 Å². The lowest BCUT2D eigenvalue weighted by molar-refractivity contribution is 0.0827. The van der Waals surface area contributed by atoms with E-state index in [0.717, 1.165) is 23.1 Å². The van der Waals surface area contributed by atoms with Gasteiger partial charge in [-0.1, -0.05) is 60.2 Å². The monoisotopic (exact) mass is 584 g/mol. The number of carbonyl (C=O) groups is 2. The molecule has 1 N–H and O–H groups in total. The minimum Gasteiger partial charge on any atom is -0.495 e. The van der Waals surface area contributed by atoms with Gasteiger partial charge in [-0.25, -0.2) is 8.42 Å². The van der Waals surface area contributed by atoms with E-state index in [9.17, 15) is 18.0 Å². The smallest absolute Gasteiger partial charge is 0.253 e. The highest BCUT2D eigenvalue weighted by Crippen LogP contribution is 2.32. The third kappa shape index (κ3) is 7.64. The van der Waals surface area contributed by atoms with Gasteiger partial charge in [-0.3, -0.25) is 9.59 Å². The summed E-state index contributed by atoms with van der Waals surface area (Å²) >= 11 is 0. The van der Waals surface area contributed by atoms with Crippen molar-refractivity contribution in [2.75, 3.05) is 27.7 Å². The molecule has 4 aromatic rings. The predicted octanol–water partition coefficient (Wildman–Crippen LogP) is 5.71. The molecule has 0 heterocycles. The first-order chi connectivity index (χ1) is 20.1. The Kier molecular flexibility index (Phi) is 9.80. The molecule has 42 heavy (non-hydrogen) atoms. The average molecular weight is 585 g/mol. The lowest BCUT2D eigenvalue weighted by Gasteiger charge is -2.14. The predicted molar refractivity (Wildman–Crippen MR) is 166 cm³/mol. The molecular formula is C34H36N2O5S. The van der Waals surface area contributed by atoms with Crippen LogP contribution >= 0.6 is 0 Å². The molecule has 0 atom stereocenters. The first-order valence-corrected chi connectivity index (χ1v) is 15.4. The second kappa shape index (κ2) is 13.5. The van der Waals surface area contributed by atoms with Gasteiger partial charge in [-0.15, -0.1) is 0 Å². The Hall–Kier alpha value is -4.43. The van der Waals surface area contributed by atoms with E-state index in [1.807, 2.05) is 49.4 Å². The van der Waals surface area contributed by atoms with Crippen molar-refractivity contribution in [2.24, 2.45) is 0 Å². The molecule has 2 amide bonds. The van der Waals surface area contributed by atoms with Crippen LogP contribution in [0.5, 0.6) is 5.75 Å². The molecule has 0 aliphatic carbocycles. The molecule has 0 aliphatic rings. The number of rotatable bonds is 11. The number of aryl methyl sites for hydroxylation is 2. The Bertz CT molecular complexity index is 1700. The highest BCUT2D eigenvalue weighted by atomic mass is 32.2. The molecular weight excluding hydrogens is 548 g/mol. The summed E-state index contributed by atoms with van der Waals surface area (Å²) in [5.74, 6) is -0.165. The van der Waals surface area contributed by atoms with Crippen LogP contribution < -0.4 is 10.1 Å². The molecule has 4 aromatic carbocycles. The largest absolute Gasteiger partial charge is 0.495 e. The summed E-state index contributed by atoms with van der Waals surface area (Å²) in [7, 11) is 1.05. The van der Waals surface area contributed by atoms with E-state index in [2.05, 4.69) is 5.32 Å². The fraction of sp³-hybridized carbons (Fsp3) is 0.235. The van der Waals surface area contributed by atoms with Crippen molar-refractivity contribution in [3.63, 3.8) is 0 Å². The second-order valence-corrected chi connectivity index (χ2v) is 12.4. The average Bonchev–Trinajstić information content (AvgIpc) is 2.98. The molecule has 8 heteroatoms. The molecule has 0 saturated carbocycles. The van der Waals surface area contributed by atoms with E-state index < -0.39 is 9.84 Å². The van der Waals surface area contributed by atoms with Gasteiger partial charge in [0.15, 0.2) is 9.84 Å². The lowest BCUT2D eigenvalue weighted by atomic mass is 10.0. The first-order valence-electron chi connectivity index (χ1n) is 13.7. The van der Waals surface area contributed by atoms with Crippen LogP contribution in [-0.2, 0) is 22.0 Å². The molecule has 218 valence electrons. The van der Waals surface area contributed by atoms with E-state index in [1.54, 1.807) is 62.6 Å². The SMILES string of the molecule is COc1ccc(-c2cccc(C(=O)N(C)C)c2)cc1S(=O)(=O)Cc1cccc(CCCNC(=O)c2cccc(C)c2)c1. The fourth-order valence-electron chi connectivity index (χ4n) is 4.74. The van der Waals surface area contributed by atoms with Crippen LogP contribution in [0.15, 0.2) is 95.9 Å². The van der Waals surface area contributed by atoms with Crippen LogP contribution in [0, 0.1) is 6.92 Å². The van der Waals surface area contributed by atoms with Crippen LogP contribution in [0.2, 0.25) is 0 Å². The van der Waals surface area contributed by atoms with Crippen LogP contribution in [0.4, 0.5) is 0 Å². The molecule has 0 radical (unpaired) electrons. The van der Waals surface area contributed by atoms with Crippen molar-refractivity contribution in [1.29, 1.82) is 0 Å². The van der Waals surface area contributed by atoms with Crippen molar-refractivity contribution in [3.8, 4) is 16.9 Å². The van der Waals surface area contributed by atoms with E-state index >= 15 is 0 Å². The number of hydrogen-bond donors (Lipinski definition) is 1. The van der Waals surface area contributed by atoms with E-state index in [-0.39, 0.29) is 28.2 Å². The van der Waals surface area contributed by atoms with Gasteiger partial charge >= 0.3 is 0 Å². The number of carbonyl (C=O) groups excluding carboxylic acids is 2. The number of nitrogens with one attached hydrogen (secondary N) is 1. The molecule has 0 bridgehead atoms. The number of hydrogen-bond acceptors (Lipinski definition) is 5. The number of amides is 2. The van der Waals surface area contributed by atoms with Crippen molar-refractivity contribution >= 4 is 21.7 Å². The summed E-state index contributed by atoms with van der Waals surface area (Å²) in [6, 6.07) is 27.1. The molecule has 4 rings (SSSR count). The van der Waals surface area contributed by atoms with E-state index in [4.69, 9.17) is 4.74 Å². The number of methoxy groups -OCH3 is 1. The normalized spacial score (nSPS) is 11.1. The fourth-order valence-corrected chi connectivity index (χ4v) is 6.28. The van der Waals surface area contributed by atoms with Gasteiger partial charge in [0.1, 0.15) is 10.6 Å². The summed E-state index contributed by atoms with van der Waals surface area (Å²) in [5, 5.41) is 2.95. The van der Waals surface area contributed by atoms with E-state index in [0.29, 0.717) is 35.2 Å². The van der Waals surface area contributed by atoms with Crippen molar-refractivity contribution in [3.05, 3.63) is 119 Å². The molecule has 0 saturated heterocycles.